The van der Waals surface area contributed by atoms with Gasteiger partial charge in [-0.25, -0.2) is 13.2 Å². The maximum atomic E-state index is 13.4. The summed E-state index contributed by atoms with van der Waals surface area (Å²) < 4.78 is 33.0. The zero-order valence-corrected chi connectivity index (χ0v) is 17.1. The molecule has 2 heterocycles. The summed E-state index contributed by atoms with van der Waals surface area (Å²) in [6.07, 6.45) is 1.70. The first kappa shape index (κ1) is 19.7. The molecule has 4 rings (SSSR count). The van der Waals surface area contributed by atoms with E-state index >= 15 is 0 Å². The number of benzene rings is 2. The molecule has 152 valence electrons. The van der Waals surface area contributed by atoms with Crippen LogP contribution < -0.4 is 0 Å². The van der Waals surface area contributed by atoms with Gasteiger partial charge in [0.05, 0.1) is 17.9 Å². The first-order chi connectivity index (χ1) is 14.5. The number of carbonyl (C=O) groups is 1. The fraction of sp³-hybridized carbons (Fsp3) is 0.182. The van der Waals surface area contributed by atoms with Crippen LogP contribution in [0.15, 0.2) is 59.6 Å². The number of rotatable bonds is 4. The van der Waals surface area contributed by atoms with Crippen LogP contribution in [0.5, 0.6) is 0 Å². The zero-order valence-electron chi connectivity index (χ0n) is 16.3. The Labute approximate surface area is 174 Å². The number of carbonyl (C=O) groups excluding carboxylic acids is 1. The molecule has 0 saturated carbocycles. The number of sulfonamides is 1. The molecule has 2 aromatic carbocycles. The van der Waals surface area contributed by atoms with Gasteiger partial charge in [0, 0.05) is 23.6 Å². The summed E-state index contributed by atoms with van der Waals surface area (Å²) in [4.78, 5) is 15.9. The van der Waals surface area contributed by atoms with Crippen LogP contribution in [0, 0.1) is 11.3 Å². The van der Waals surface area contributed by atoms with E-state index in [-0.39, 0.29) is 29.2 Å². The minimum Gasteiger partial charge on any atom is -0.462 e. The van der Waals surface area contributed by atoms with E-state index in [2.05, 4.69) is 4.98 Å². The molecular weight excluding hydrogens is 402 g/mol. The smallest absolute Gasteiger partial charge is 0.341 e. The van der Waals surface area contributed by atoms with Gasteiger partial charge in [0.1, 0.15) is 16.5 Å². The maximum absolute atomic E-state index is 13.4. The van der Waals surface area contributed by atoms with Crippen LogP contribution >= 0.6 is 0 Å². The van der Waals surface area contributed by atoms with Gasteiger partial charge >= 0.3 is 5.97 Å². The highest BCUT2D eigenvalue weighted by Gasteiger charge is 2.31. The third-order valence-corrected chi connectivity index (χ3v) is 6.84. The average molecular weight is 421 g/mol. The molecule has 0 amide bonds. The minimum atomic E-state index is -4.05. The second kappa shape index (κ2) is 7.69. The lowest BCUT2D eigenvalue weighted by molar-refractivity contribution is -0.136. The van der Waals surface area contributed by atoms with Crippen LogP contribution in [-0.2, 0) is 26.0 Å². The van der Waals surface area contributed by atoms with E-state index in [1.54, 1.807) is 19.1 Å². The molecular formula is C22H19N3O4S. The van der Waals surface area contributed by atoms with E-state index in [4.69, 9.17) is 4.74 Å². The molecule has 8 heteroatoms. The van der Waals surface area contributed by atoms with Gasteiger partial charge in [-0.15, -0.1) is 0 Å². The normalized spacial score (nSPS) is 13.9. The third-order valence-electron chi connectivity index (χ3n) is 5.03. The average Bonchev–Trinajstić information content (AvgIpc) is 3.00. The molecule has 1 aliphatic heterocycles. The molecule has 0 aliphatic carbocycles. The number of nitrogens with one attached hydrogen (secondary N) is 1. The molecule has 0 bridgehead atoms. The van der Waals surface area contributed by atoms with Gasteiger partial charge in [-0.1, -0.05) is 30.3 Å². The van der Waals surface area contributed by atoms with E-state index in [1.165, 1.54) is 18.3 Å². The molecule has 3 aromatic rings. The highest BCUT2D eigenvalue weighted by atomic mass is 32.2. The Kier molecular flexibility index (Phi) is 5.06. The van der Waals surface area contributed by atoms with Crippen molar-refractivity contribution in [2.75, 3.05) is 13.2 Å². The Morgan fingerprint density at radius 3 is 2.70 bits per heavy atom. The Hall–Kier alpha value is -3.57. The Morgan fingerprint density at radius 1 is 1.20 bits per heavy atom. The van der Waals surface area contributed by atoms with Crippen molar-refractivity contribution in [3.63, 3.8) is 0 Å². The summed E-state index contributed by atoms with van der Waals surface area (Å²) in [5.74, 6) is -0.610. The lowest BCUT2D eigenvalue weighted by Crippen LogP contribution is -2.28. The van der Waals surface area contributed by atoms with Crippen LogP contribution in [-0.4, -0.2) is 36.8 Å². The molecule has 1 aromatic heterocycles. The minimum absolute atomic E-state index is 0.0526. The quantitative estimate of drug-likeness (QED) is 0.652. The summed E-state index contributed by atoms with van der Waals surface area (Å²) in [6.45, 7) is 1.98. The molecule has 7 nitrogen and oxygen atoms in total. The first-order valence-corrected chi connectivity index (χ1v) is 10.9. The monoisotopic (exact) mass is 421 g/mol. The van der Waals surface area contributed by atoms with Gasteiger partial charge in [-0.2, -0.15) is 5.26 Å². The topological polar surface area (TPSA) is 103 Å². The highest BCUT2D eigenvalue weighted by molar-refractivity contribution is 7.89. The molecule has 0 saturated heterocycles. The molecule has 0 spiro atoms. The van der Waals surface area contributed by atoms with E-state index < -0.39 is 16.0 Å². The predicted octanol–water partition coefficient (Wildman–Crippen LogP) is 3.19. The number of H-pyrrole nitrogens is 1. The summed E-state index contributed by atoms with van der Waals surface area (Å²) in [5.41, 5.74) is 2.47. The van der Waals surface area contributed by atoms with E-state index in [1.807, 2.05) is 30.3 Å². The van der Waals surface area contributed by atoms with Crippen molar-refractivity contribution >= 4 is 32.5 Å². The van der Waals surface area contributed by atoms with Crippen molar-refractivity contribution in [1.29, 1.82) is 5.26 Å². The van der Waals surface area contributed by atoms with Crippen LogP contribution in [0.3, 0.4) is 0 Å². The number of aromatic amines is 1. The number of hydrogen-bond donors (Lipinski definition) is 1. The Morgan fingerprint density at radius 2 is 1.93 bits per heavy atom. The summed E-state index contributed by atoms with van der Waals surface area (Å²) in [6, 6.07) is 15.6. The number of para-hydroxylation sites is 1. The standard InChI is InChI=1S/C22H19N3O4S/c1-2-29-22(26)18-14-25(30(27,28)20-10-6-3-7-15(20)13-23)12-11-17-16-8-4-5-9-19(16)24-21(17)18/h3-10,14,24H,2,11-12H2,1H3. The van der Waals surface area contributed by atoms with Gasteiger partial charge in [-0.3, -0.25) is 4.31 Å². The van der Waals surface area contributed by atoms with Crippen LogP contribution in [0.25, 0.3) is 16.5 Å². The number of esters is 1. The number of hydrogen-bond acceptors (Lipinski definition) is 5. The lowest BCUT2D eigenvalue weighted by Gasteiger charge is -2.20. The molecule has 0 fully saturated rings. The Bertz CT molecular complexity index is 1320. The maximum Gasteiger partial charge on any atom is 0.341 e. The zero-order chi connectivity index (χ0) is 21.3. The largest absolute Gasteiger partial charge is 0.462 e. The number of fused-ring (bicyclic) bond motifs is 3. The number of nitrogens with zero attached hydrogens (tertiary/aromatic N) is 2. The fourth-order valence-electron chi connectivity index (χ4n) is 3.65. The number of aromatic nitrogens is 1. The highest BCUT2D eigenvalue weighted by Crippen LogP contribution is 2.33. The molecule has 0 unspecified atom stereocenters. The van der Waals surface area contributed by atoms with E-state index in [0.29, 0.717) is 12.1 Å². The predicted molar refractivity (Wildman–Crippen MR) is 112 cm³/mol. The van der Waals surface area contributed by atoms with Gasteiger partial charge in [-0.05, 0) is 37.1 Å². The number of ether oxygens (including phenoxy) is 1. The molecule has 1 aliphatic rings. The van der Waals surface area contributed by atoms with E-state index in [0.717, 1.165) is 20.8 Å². The van der Waals surface area contributed by atoms with Crippen LogP contribution in [0.1, 0.15) is 23.7 Å². The molecule has 0 radical (unpaired) electrons. The summed E-state index contributed by atoms with van der Waals surface area (Å²) >= 11 is 0. The fourth-order valence-corrected chi connectivity index (χ4v) is 5.12. The lowest BCUT2D eigenvalue weighted by atomic mass is 10.0. The van der Waals surface area contributed by atoms with Crippen molar-refractivity contribution < 1.29 is 17.9 Å². The second-order valence-corrected chi connectivity index (χ2v) is 8.62. The van der Waals surface area contributed by atoms with Crippen molar-refractivity contribution in [2.45, 2.75) is 18.2 Å². The SMILES string of the molecule is CCOC(=O)C1=CN(S(=O)(=O)c2ccccc2C#N)CCc2c1[nH]c1ccccc21. The molecule has 1 N–H and O–H groups in total. The van der Waals surface area contributed by atoms with E-state index in [9.17, 15) is 18.5 Å². The third kappa shape index (κ3) is 3.23. The van der Waals surface area contributed by atoms with Gasteiger partial charge in [0.25, 0.3) is 10.0 Å². The van der Waals surface area contributed by atoms with Gasteiger partial charge in [0.2, 0.25) is 0 Å². The van der Waals surface area contributed by atoms with Gasteiger partial charge < -0.3 is 9.72 Å². The van der Waals surface area contributed by atoms with Gasteiger partial charge in [0.15, 0.2) is 0 Å². The van der Waals surface area contributed by atoms with Crippen molar-refractivity contribution in [2.24, 2.45) is 0 Å². The second-order valence-electron chi connectivity index (χ2n) is 6.76. The van der Waals surface area contributed by atoms with Crippen LogP contribution in [0.4, 0.5) is 0 Å². The first-order valence-electron chi connectivity index (χ1n) is 9.47. The molecule has 0 atom stereocenters. The number of nitriles is 1. The molecule has 30 heavy (non-hydrogen) atoms. The van der Waals surface area contributed by atoms with Crippen molar-refractivity contribution in [1.82, 2.24) is 9.29 Å². The summed E-state index contributed by atoms with van der Waals surface area (Å²) in [5, 5.41) is 10.3. The van der Waals surface area contributed by atoms with Crippen molar-refractivity contribution in [3.05, 3.63) is 71.6 Å². The Balaban J connectivity index is 1.88. The summed E-state index contributed by atoms with van der Waals surface area (Å²) in [7, 11) is -4.05. The van der Waals surface area contributed by atoms with Crippen LogP contribution in [0.2, 0.25) is 0 Å². The van der Waals surface area contributed by atoms with Crippen molar-refractivity contribution in [3.8, 4) is 6.07 Å².